The summed E-state index contributed by atoms with van der Waals surface area (Å²) in [5, 5.41) is 0. The molecule has 140 valence electrons. The van der Waals surface area contributed by atoms with Gasteiger partial charge in [0.2, 0.25) is 5.91 Å². The molecule has 1 aromatic heterocycles. The van der Waals surface area contributed by atoms with Gasteiger partial charge in [-0.1, -0.05) is 12.1 Å². The molecular weight excluding hydrogens is 330 g/mol. The number of benzene rings is 1. The van der Waals surface area contributed by atoms with E-state index in [1.807, 2.05) is 43.9 Å². The maximum atomic E-state index is 13.1. The molecule has 0 bridgehead atoms. The van der Waals surface area contributed by atoms with Gasteiger partial charge in [-0.2, -0.15) is 0 Å². The lowest BCUT2D eigenvalue weighted by atomic mass is 9.92. The first-order valence-electron chi connectivity index (χ1n) is 8.98. The third kappa shape index (κ3) is 3.75. The lowest BCUT2D eigenvalue weighted by Crippen LogP contribution is -2.39. The second-order valence-corrected chi connectivity index (χ2v) is 6.93. The zero-order valence-corrected chi connectivity index (χ0v) is 15.9. The molecule has 1 aliphatic heterocycles. The Labute approximate surface area is 154 Å². The van der Waals surface area contributed by atoms with Crippen molar-refractivity contribution in [3.05, 3.63) is 47.5 Å². The Morgan fingerprint density at radius 3 is 2.92 bits per heavy atom. The molecular formula is C20H27N3O3. The van der Waals surface area contributed by atoms with Gasteiger partial charge in [0.15, 0.2) is 0 Å². The Bertz CT molecular complexity index is 771. The highest BCUT2D eigenvalue weighted by molar-refractivity contribution is 5.79. The van der Waals surface area contributed by atoms with E-state index in [4.69, 9.17) is 9.47 Å². The quantitative estimate of drug-likeness (QED) is 0.826. The van der Waals surface area contributed by atoms with Gasteiger partial charge < -0.3 is 18.9 Å². The molecule has 6 heteroatoms. The number of methoxy groups -OCH3 is 1. The summed E-state index contributed by atoms with van der Waals surface area (Å²) in [6.45, 7) is 3.24. The van der Waals surface area contributed by atoms with Crippen molar-refractivity contribution in [2.45, 2.75) is 32.4 Å². The molecule has 3 rings (SSSR count). The molecule has 0 saturated carbocycles. The van der Waals surface area contributed by atoms with E-state index in [-0.39, 0.29) is 17.9 Å². The molecule has 1 aromatic carbocycles. The van der Waals surface area contributed by atoms with E-state index in [1.165, 1.54) is 0 Å². The second-order valence-electron chi connectivity index (χ2n) is 6.93. The van der Waals surface area contributed by atoms with E-state index in [1.54, 1.807) is 18.2 Å². The van der Waals surface area contributed by atoms with Crippen LogP contribution in [0.2, 0.25) is 0 Å². The van der Waals surface area contributed by atoms with Crippen LogP contribution in [0.3, 0.4) is 0 Å². The Hall–Kier alpha value is -2.34. The van der Waals surface area contributed by atoms with Crippen LogP contribution in [0.15, 0.2) is 30.6 Å². The molecule has 2 aromatic rings. The molecule has 1 saturated heterocycles. The second kappa shape index (κ2) is 7.91. The van der Waals surface area contributed by atoms with Crippen LogP contribution < -0.4 is 4.74 Å². The number of amides is 1. The number of hydrogen-bond acceptors (Lipinski definition) is 4. The van der Waals surface area contributed by atoms with E-state index in [2.05, 4.69) is 11.1 Å². The molecule has 0 unspecified atom stereocenters. The molecule has 1 aliphatic rings. The molecule has 26 heavy (non-hydrogen) atoms. The van der Waals surface area contributed by atoms with Crippen molar-refractivity contribution in [2.75, 3.05) is 20.8 Å². The largest absolute Gasteiger partial charge is 0.496 e. The number of aryl methyl sites for hydroxylation is 2. The van der Waals surface area contributed by atoms with E-state index in [9.17, 15) is 4.79 Å². The van der Waals surface area contributed by atoms with Gasteiger partial charge in [0, 0.05) is 39.6 Å². The minimum atomic E-state index is -0.281. The summed E-state index contributed by atoms with van der Waals surface area (Å²) >= 11 is 0. The lowest BCUT2D eigenvalue weighted by Gasteiger charge is -2.33. The highest BCUT2D eigenvalue weighted by Gasteiger charge is 2.36. The van der Waals surface area contributed by atoms with Crippen LogP contribution in [0, 0.1) is 12.8 Å². The van der Waals surface area contributed by atoms with Crippen LogP contribution >= 0.6 is 0 Å². The normalized spacial score (nSPS) is 20.0. The number of aromatic nitrogens is 2. The van der Waals surface area contributed by atoms with Crippen LogP contribution in [0.5, 0.6) is 5.75 Å². The SMILES string of the molecule is COc1ccc(CN(C)C(=O)[C@@H]2CCCO[C@H]2c2nccn2C)cc1C. The third-order valence-electron chi connectivity index (χ3n) is 5.01. The maximum absolute atomic E-state index is 13.1. The van der Waals surface area contributed by atoms with Gasteiger partial charge in [0.25, 0.3) is 0 Å². The van der Waals surface area contributed by atoms with E-state index in [0.717, 1.165) is 35.5 Å². The zero-order chi connectivity index (χ0) is 18.7. The first-order chi connectivity index (χ1) is 12.5. The smallest absolute Gasteiger partial charge is 0.228 e. The standard InChI is InChI=1S/C20H27N3O3/c1-14-12-15(7-8-17(14)25-4)13-23(3)20(24)16-6-5-11-26-18(16)19-21-9-10-22(19)2/h7-10,12,16,18H,5-6,11,13H2,1-4H3/t16-,18-/m1/s1. The lowest BCUT2D eigenvalue weighted by molar-refractivity contribution is -0.145. The van der Waals surface area contributed by atoms with E-state index in [0.29, 0.717) is 13.2 Å². The Kier molecular flexibility index (Phi) is 5.61. The van der Waals surface area contributed by atoms with Crippen LogP contribution in [0.4, 0.5) is 0 Å². The molecule has 0 radical (unpaired) electrons. The van der Waals surface area contributed by atoms with Crippen LogP contribution in [0.1, 0.15) is 35.9 Å². The number of carbonyl (C=O) groups is 1. The summed E-state index contributed by atoms with van der Waals surface area (Å²) in [5.41, 5.74) is 2.15. The first-order valence-corrected chi connectivity index (χ1v) is 8.98. The number of imidazole rings is 1. The van der Waals surface area contributed by atoms with Crippen molar-refractivity contribution in [2.24, 2.45) is 13.0 Å². The predicted molar refractivity (Wildman–Crippen MR) is 98.8 cm³/mol. The Balaban J connectivity index is 1.74. The summed E-state index contributed by atoms with van der Waals surface area (Å²) in [6.07, 6.45) is 5.07. The minimum Gasteiger partial charge on any atom is -0.496 e. The summed E-state index contributed by atoms with van der Waals surface area (Å²) in [5.74, 6) is 1.58. The average Bonchev–Trinajstić information content (AvgIpc) is 3.07. The number of hydrogen-bond donors (Lipinski definition) is 0. The van der Waals surface area contributed by atoms with Gasteiger partial charge >= 0.3 is 0 Å². The average molecular weight is 357 g/mol. The van der Waals surface area contributed by atoms with Crippen molar-refractivity contribution >= 4 is 5.91 Å². The van der Waals surface area contributed by atoms with Crippen molar-refractivity contribution in [1.29, 1.82) is 0 Å². The van der Waals surface area contributed by atoms with Gasteiger partial charge in [0.1, 0.15) is 17.7 Å². The summed E-state index contributed by atoms with van der Waals surface area (Å²) in [6, 6.07) is 6.02. The van der Waals surface area contributed by atoms with Crippen molar-refractivity contribution in [3.63, 3.8) is 0 Å². The summed E-state index contributed by atoms with van der Waals surface area (Å²) < 4.78 is 13.2. The molecule has 1 amide bonds. The van der Waals surface area contributed by atoms with Gasteiger partial charge in [0.05, 0.1) is 13.0 Å². The van der Waals surface area contributed by atoms with Gasteiger partial charge in [-0.05, 0) is 37.0 Å². The van der Waals surface area contributed by atoms with Gasteiger partial charge in [-0.25, -0.2) is 4.98 Å². The number of ether oxygens (including phenoxy) is 2. The molecule has 2 atom stereocenters. The van der Waals surface area contributed by atoms with E-state index >= 15 is 0 Å². The number of carbonyl (C=O) groups excluding carboxylic acids is 1. The summed E-state index contributed by atoms with van der Waals surface area (Å²) in [7, 11) is 5.45. The van der Waals surface area contributed by atoms with Gasteiger partial charge in [-0.3, -0.25) is 4.79 Å². The van der Waals surface area contributed by atoms with Crippen molar-refractivity contribution in [3.8, 4) is 5.75 Å². The van der Waals surface area contributed by atoms with Crippen LogP contribution in [-0.4, -0.2) is 41.1 Å². The van der Waals surface area contributed by atoms with Crippen molar-refractivity contribution in [1.82, 2.24) is 14.5 Å². The number of nitrogens with zero attached hydrogens (tertiary/aromatic N) is 3. The highest BCUT2D eigenvalue weighted by atomic mass is 16.5. The highest BCUT2D eigenvalue weighted by Crippen LogP contribution is 2.34. The predicted octanol–water partition coefficient (Wildman–Crippen LogP) is 2.86. The molecule has 6 nitrogen and oxygen atoms in total. The molecule has 0 N–H and O–H groups in total. The number of rotatable bonds is 5. The maximum Gasteiger partial charge on any atom is 0.228 e. The Morgan fingerprint density at radius 2 is 2.27 bits per heavy atom. The van der Waals surface area contributed by atoms with Crippen LogP contribution in [0.25, 0.3) is 0 Å². The molecule has 0 aliphatic carbocycles. The fourth-order valence-electron chi connectivity index (χ4n) is 3.61. The van der Waals surface area contributed by atoms with Crippen LogP contribution in [-0.2, 0) is 23.1 Å². The molecule has 2 heterocycles. The van der Waals surface area contributed by atoms with Crippen molar-refractivity contribution < 1.29 is 14.3 Å². The monoisotopic (exact) mass is 357 g/mol. The third-order valence-corrected chi connectivity index (χ3v) is 5.01. The minimum absolute atomic E-state index is 0.103. The summed E-state index contributed by atoms with van der Waals surface area (Å²) in [4.78, 5) is 19.3. The van der Waals surface area contributed by atoms with Gasteiger partial charge in [-0.15, -0.1) is 0 Å². The molecule has 1 fully saturated rings. The van der Waals surface area contributed by atoms with E-state index < -0.39 is 0 Å². The zero-order valence-electron chi connectivity index (χ0n) is 15.9. The molecule has 0 spiro atoms. The topological polar surface area (TPSA) is 56.6 Å². The fourth-order valence-corrected chi connectivity index (χ4v) is 3.61. The Morgan fingerprint density at radius 1 is 1.46 bits per heavy atom. The first kappa shape index (κ1) is 18.5. The fraction of sp³-hybridized carbons (Fsp3) is 0.500.